The third kappa shape index (κ3) is 2.40. The van der Waals surface area contributed by atoms with Crippen LogP contribution >= 0.6 is 0 Å². The second kappa shape index (κ2) is 5.06. The van der Waals surface area contributed by atoms with Crippen molar-refractivity contribution in [2.75, 3.05) is 4.72 Å². The third-order valence-electron chi connectivity index (χ3n) is 3.61. The van der Waals surface area contributed by atoms with Crippen molar-refractivity contribution >= 4 is 37.5 Å². The average Bonchev–Trinajstić information content (AvgIpc) is 3.04. The number of aromatic nitrogens is 3. The first-order valence-corrected chi connectivity index (χ1v) is 8.41. The molecule has 2 aromatic heterocycles. The molecule has 23 heavy (non-hydrogen) atoms. The first-order chi connectivity index (χ1) is 11.1. The quantitative estimate of drug-likeness (QED) is 0.606. The van der Waals surface area contributed by atoms with Crippen molar-refractivity contribution in [1.82, 2.24) is 15.2 Å². The van der Waals surface area contributed by atoms with Crippen LogP contribution in [0.2, 0.25) is 0 Å². The maximum atomic E-state index is 12.6. The molecule has 0 saturated heterocycles. The summed E-state index contributed by atoms with van der Waals surface area (Å²) in [5.74, 6) is 0. The Labute approximate surface area is 132 Å². The second-order valence-corrected chi connectivity index (χ2v) is 6.78. The number of hydrogen-bond donors (Lipinski definition) is 2. The molecule has 0 atom stereocenters. The van der Waals surface area contributed by atoms with Crippen molar-refractivity contribution in [3.05, 3.63) is 60.9 Å². The Balaban J connectivity index is 1.78. The van der Waals surface area contributed by atoms with Gasteiger partial charge in [0.1, 0.15) is 0 Å². The van der Waals surface area contributed by atoms with Crippen LogP contribution in [0.25, 0.3) is 21.8 Å². The molecule has 0 bridgehead atoms. The summed E-state index contributed by atoms with van der Waals surface area (Å²) in [7, 11) is -3.69. The maximum absolute atomic E-state index is 12.6. The van der Waals surface area contributed by atoms with Crippen molar-refractivity contribution in [2.45, 2.75) is 4.90 Å². The molecular formula is C16H12N4O2S. The Morgan fingerprint density at radius 3 is 2.87 bits per heavy atom. The van der Waals surface area contributed by atoms with E-state index in [1.54, 1.807) is 48.8 Å². The number of aromatic amines is 1. The zero-order valence-corrected chi connectivity index (χ0v) is 12.7. The van der Waals surface area contributed by atoms with Gasteiger partial charge in [0.15, 0.2) is 0 Å². The van der Waals surface area contributed by atoms with E-state index >= 15 is 0 Å². The molecule has 114 valence electrons. The molecule has 7 heteroatoms. The largest absolute Gasteiger partial charge is 0.279 e. The number of nitrogens with one attached hydrogen (secondary N) is 2. The molecule has 0 amide bonds. The molecule has 0 aliphatic rings. The van der Waals surface area contributed by atoms with Crippen LogP contribution in [0.1, 0.15) is 0 Å². The van der Waals surface area contributed by atoms with Crippen LogP contribution in [0.4, 0.5) is 5.69 Å². The van der Waals surface area contributed by atoms with E-state index in [0.717, 1.165) is 21.8 Å². The van der Waals surface area contributed by atoms with Gasteiger partial charge in [-0.15, -0.1) is 0 Å². The summed E-state index contributed by atoms with van der Waals surface area (Å²) in [5.41, 5.74) is 2.01. The van der Waals surface area contributed by atoms with Crippen LogP contribution in [-0.4, -0.2) is 23.6 Å². The lowest BCUT2D eigenvalue weighted by Gasteiger charge is -2.09. The zero-order valence-electron chi connectivity index (χ0n) is 11.9. The molecule has 2 N–H and O–H groups in total. The maximum Gasteiger partial charge on any atom is 0.261 e. The van der Waals surface area contributed by atoms with Gasteiger partial charge in [0.2, 0.25) is 0 Å². The summed E-state index contributed by atoms with van der Waals surface area (Å²) in [6.07, 6.45) is 3.27. The predicted molar refractivity (Wildman–Crippen MR) is 88.6 cm³/mol. The molecule has 4 aromatic rings. The van der Waals surface area contributed by atoms with Gasteiger partial charge < -0.3 is 0 Å². The van der Waals surface area contributed by atoms with Gasteiger partial charge in [0.25, 0.3) is 10.0 Å². The van der Waals surface area contributed by atoms with Crippen LogP contribution in [-0.2, 0) is 10.0 Å². The number of fused-ring (bicyclic) bond motifs is 2. The molecule has 2 heterocycles. The van der Waals surface area contributed by atoms with Gasteiger partial charge in [0, 0.05) is 17.0 Å². The fraction of sp³-hybridized carbons (Fsp3) is 0. The summed E-state index contributed by atoms with van der Waals surface area (Å²) in [6.45, 7) is 0. The molecule has 0 radical (unpaired) electrons. The van der Waals surface area contributed by atoms with Crippen molar-refractivity contribution in [3.63, 3.8) is 0 Å². The summed E-state index contributed by atoms with van der Waals surface area (Å²) < 4.78 is 27.9. The SMILES string of the molecule is O=S(=O)(Nc1cccc2[nH]ncc12)c1ccc2ncccc2c1. The van der Waals surface area contributed by atoms with E-state index in [-0.39, 0.29) is 4.90 Å². The molecule has 0 spiro atoms. The van der Waals surface area contributed by atoms with E-state index in [4.69, 9.17) is 0 Å². The number of hydrogen-bond acceptors (Lipinski definition) is 4. The van der Waals surface area contributed by atoms with Crippen molar-refractivity contribution < 1.29 is 8.42 Å². The minimum absolute atomic E-state index is 0.193. The fourth-order valence-electron chi connectivity index (χ4n) is 2.48. The standard InChI is InChI=1S/C16H12N4O2S/c21-23(22,12-6-7-14-11(9-12)3-2-8-17-14)20-16-5-1-4-15-13(16)10-18-19-15/h1-10,20H,(H,18,19). The Morgan fingerprint density at radius 1 is 1.04 bits per heavy atom. The van der Waals surface area contributed by atoms with Crippen LogP contribution < -0.4 is 4.72 Å². The lowest BCUT2D eigenvalue weighted by atomic mass is 10.2. The molecule has 0 aliphatic carbocycles. The van der Waals surface area contributed by atoms with E-state index in [2.05, 4.69) is 19.9 Å². The van der Waals surface area contributed by atoms with E-state index in [1.165, 1.54) is 0 Å². The number of pyridine rings is 1. The number of sulfonamides is 1. The fourth-order valence-corrected chi connectivity index (χ4v) is 3.60. The molecular weight excluding hydrogens is 312 g/mol. The smallest absolute Gasteiger partial charge is 0.261 e. The average molecular weight is 324 g/mol. The lowest BCUT2D eigenvalue weighted by Crippen LogP contribution is -2.13. The van der Waals surface area contributed by atoms with Gasteiger partial charge in [0.05, 0.1) is 27.8 Å². The number of anilines is 1. The minimum Gasteiger partial charge on any atom is -0.279 e. The monoisotopic (exact) mass is 324 g/mol. The second-order valence-electron chi connectivity index (χ2n) is 5.10. The summed E-state index contributed by atoms with van der Waals surface area (Å²) in [5, 5.41) is 8.25. The summed E-state index contributed by atoms with van der Waals surface area (Å²) in [4.78, 5) is 4.39. The van der Waals surface area contributed by atoms with Gasteiger partial charge in [-0.05, 0) is 36.4 Å². The van der Waals surface area contributed by atoms with E-state index in [0.29, 0.717) is 5.69 Å². The van der Waals surface area contributed by atoms with Gasteiger partial charge in [-0.25, -0.2) is 8.42 Å². The van der Waals surface area contributed by atoms with Crippen LogP contribution in [0.5, 0.6) is 0 Å². The van der Waals surface area contributed by atoms with Crippen LogP contribution in [0.3, 0.4) is 0 Å². The van der Waals surface area contributed by atoms with Crippen molar-refractivity contribution in [3.8, 4) is 0 Å². The number of H-pyrrole nitrogens is 1. The van der Waals surface area contributed by atoms with Crippen molar-refractivity contribution in [1.29, 1.82) is 0 Å². The first-order valence-electron chi connectivity index (χ1n) is 6.93. The normalized spacial score (nSPS) is 11.8. The third-order valence-corrected chi connectivity index (χ3v) is 4.98. The molecule has 4 rings (SSSR count). The highest BCUT2D eigenvalue weighted by atomic mass is 32.2. The molecule has 6 nitrogen and oxygen atoms in total. The Morgan fingerprint density at radius 2 is 1.96 bits per heavy atom. The van der Waals surface area contributed by atoms with E-state index in [1.807, 2.05) is 12.1 Å². The summed E-state index contributed by atoms with van der Waals surface area (Å²) in [6, 6.07) is 13.8. The van der Waals surface area contributed by atoms with Gasteiger partial charge >= 0.3 is 0 Å². The van der Waals surface area contributed by atoms with Crippen LogP contribution in [0, 0.1) is 0 Å². The van der Waals surface area contributed by atoms with E-state index in [9.17, 15) is 8.42 Å². The first kappa shape index (κ1) is 13.7. The number of nitrogens with zero attached hydrogens (tertiary/aromatic N) is 2. The highest BCUT2D eigenvalue weighted by Crippen LogP contribution is 2.25. The summed E-state index contributed by atoms with van der Waals surface area (Å²) >= 11 is 0. The highest BCUT2D eigenvalue weighted by Gasteiger charge is 2.16. The predicted octanol–water partition coefficient (Wildman–Crippen LogP) is 2.91. The zero-order chi connectivity index (χ0) is 15.9. The molecule has 0 unspecified atom stereocenters. The van der Waals surface area contributed by atoms with E-state index < -0.39 is 10.0 Å². The molecule has 0 aliphatic heterocycles. The van der Waals surface area contributed by atoms with Crippen LogP contribution in [0.15, 0.2) is 65.8 Å². The topological polar surface area (TPSA) is 87.7 Å². The lowest BCUT2D eigenvalue weighted by molar-refractivity contribution is 0.601. The molecule has 2 aromatic carbocycles. The van der Waals surface area contributed by atoms with Gasteiger partial charge in [-0.2, -0.15) is 5.10 Å². The Bertz CT molecular complexity index is 1120. The van der Waals surface area contributed by atoms with Gasteiger partial charge in [-0.1, -0.05) is 12.1 Å². The molecule has 0 saturated carbocycles. The minimum atomic E-state index is -3.69. The molecule has 0 fully saturated rings. The Kier molecular flexibility index (Phi) is 3.02. The Hall–Kier alpha value is -2.93. The van der Waals surface area contributed by atoms with Crippen molar-refractivity contribution in [2.24, 2.45) is 0 Å². The number of benzene rings is 2. The van der Waals surface area contributed by atoms with Gasteiger partial charge in [-0.3, -0.25) is 14.8 Å². The highest BCUT2D eigenvalue weighted by molar-refractivity contribution is 7.92. The number of rotatable bonds is 3.